The second-order valence-electron chi connectivity index (χ2n) is 5.26. The third-order valence-electron chi connectivity index (χ3n) is 3.73. The summed E-state index contributed by atoms with van der Waals surface area (Å²) in [6.07, 6.45) is 1.87. The number of nitro groups is 1. The highest BCUT2D eigenvalue weighted by Crippen LogP contribution is 2.29. The zero-order valence-electron chi connectivity index (χ0n) is 11.9. The van der Waals surface area contributed by atoms with Gasteiger partial charge in [-0.3, -0.25) is 14.9 Å². The lowest BCUT2D eigenvalue weighted by Gasteiger charge is -2.37. The van der Waals surface area contributed by atoms with Crippen LogP contribution < -0.4 is 10.6 Å². The van der Waals surface area contributed by atoms with Gasteiger partial charge in [0.1, 0.15) is 0 Å². The van der Waals surface area contributed by atoms with Gasteiger partial charge in [-0.05, 0) is 32.0 Å². The van der Waals surface area contributed by atoms with Crippen LogP contribution in [0.4, 0.5) is 5.00 Å². The van der Waals surface area contributed by atoms with Crippen molar-refractivity contribution in [2.24, 2.45) is 5.41 Å². The van der Waals surface area contributed by atoms with Crippen LogP contribution in [0.3, 0.4) is 0 Å². The molecule has 1 aromatic heterocycles. The fourth-order valence-electron chi connectivity index (χ4n) is 2.54. The third-order valence-corrected chi connectivity index (χ3v) is 4.77. The summed E-state index contributed by atoms with van der Waals surface area (Å²) in [6, 6.07) is 2.85. The van der Waals surface area contributed by atoms with Crippen LogP contribution in [-0.2, 0) is 4.74 Å². The maximum absolute atomic E-state index is 12.1. The maximum atomic E-state index is 12.1. The zero-order valence-corrected chi connectivity index (χ0v) is 12.7. The third kappa shape index (κ3) is 3.99. The van der Waals surface area contributed by atoms with Crippen LogP contribution in [0.25, 0.3) is 0 Å². The number of nitrogens with one attached hydrogen (secondary N) is 2. The smallest absolute Gasteiger partial charge is 0.324 e. The van der Waals surface area contributed by atoms with E-state index in [0.717, 1.165) is 37.3 Å². The lowest BCUT2D eigenvalue weighted by atomic mass is 9.79. The molecule has 0 radical (unpaired) electrons. The molecule has 1 aliphatic rings. The fraction of sp³-hybridized carbons (Fsp3) is 0.615. The first-order chi connectivity index (χ1) is 10.1. The van der Waals surface area contributed by atoms with E-state index in [2.05, 4.69) is 10.6 Å². The summed E-state index contributed by atoms with van der Waals surface area (Å²) in [7, 11) is 1.66. The minimum absolute atomic E-state index is 0.0198. The number of hydrogen-bond acceptors (Lipinski definition) is 6. The van der Waals surface area contributed by atoms with Crippen LogP contribution in [0.2, 0.25) is 0 Å². The van der Waals surface area contributed by atoms with Crippen LogP contribution >= 0.6 is 11.3 Å². The van der Waals surface area contributed by atoms with Crippen molar-refractivity contribution in [1.82, 2.24) is 10.6 Å². The van der Waals surface area contributed by atoms with Crippen LogP contribution in [0.5, 0.6) is 0 Å². The SMILES string of the molecule is COCC1(CNC(=O)c2ccc([N+](=O)[O-])s2)CCNCC1. The highest BCUT2D eigenvalue weighted by Gasteiger charge is 2.32. The molecule has 1 aliphatic heterocycles. The normalized spacial score (nSPS) is 17.4. The molecule has 0 aromatic carbocycles. The van der Waals surface area contributed by atoms with Crippen LogP contribution in [-0.4, -0.2) is 44.2 Å². The molecule has 1 amide bonds. The Balaban J connectivity index is 1.96. The van der Waals surface area contributed by atoms with E-state index < -0.39 is 4.92 Å². The van der Waals surface area contributed by atoms with Crippen LogP contribution in [0, 0.1) is 15.5 Å². The van der Waals surface area contributed by atoms with Gasteiger partial charge in [-0.1, -0.05) is 11.3 Å². The lowest BCUT2D eigenvalue weighted by Crippen LogP contribution is -2.47. The standard InChI is InChI=1S/C13H19N3O4S/c1-20-9-13(4-6-14-7-5-13)8-15-12(17)10-2-3-11(21-10)16(18)19/h2-3,14H,4-9H2,1H3,(H,15,17). The number of amides is 1. The quantitative estimate of drug-likeness (QED) is 0.611. The van der Waals surface area contributed by atoms with Crippen molar-refractivity contribution in [1.29, 1.82) is 0 Å². The number of thiophene rings is 1. The first kappa shape index (κ1) is 15.9. The number of nitrogens with zero attached hydrogens (tertiary/aromatic N) is 1. The number of ether oxygens (including phenoxy) is 1. The highest BCUT2D eigenvalue weighted by atomic mass is 32.1. The molecule has 0 atom stereocenters. The molecule has 1 saturated heterocycles. The van der Waals surface area contributed by atoms with Crippen molar-refractivity contribution >= 4 is 22.2 Å². The van der Waals surface area contributed by atoms with Gasteiger partial charge in [-0.25, -0.2) is 0 Å². The Labute approximate surface area is 126 Å². The molecule has 0 bridgehead atoms. The number of piperidine rings is 1. The molecule has 0 saturated carbocycles. The Morgan fingerprint density at radius 1 is 1.52 bits per heavy atom. The van der Waals surface area contributed by atoms with E-state index in [9.17, 15) is 14.9 Å². The molecule has 21 heavy (non-hydrogen) atoms. The number of methoxy groups -OCH3 is 1. The van der Waals surface area contributed by atoms with Gasteiger partial charge in [0, 0.05) is 25.1 Å². The minimum atomic E-state index is -0.485. The fourth-order valence-corrected chi connectivity index (χ4v) is 3.28. The molecule has 0 spiro atoms. The predicted molar refractivity (Wildman–Crippen MR) is 79.7 cm³/mol. The van der Waals surface area contributed by atoms with Gasteiger partial charge >= 0.3 is 5.00 Å². The highest BCUT2D eigenvalue weighted by molar-refractivity contribution is 7.17. The molecule has 1 fully saturated rings. The van der Waals surface area contributed by atoms with E-state index in [1.807, 2.05) is 0 Å². The molecule has 116 valence electrons. The van der Waals surface area contributed by atoms with E-state index in [0.29, 0.717) is 18.0 Å². The van der Waals surface area contributed by atoms with Crippen molar-refractivity contribution < 1.29 is 14.5 Å². The number of hydrogen-bond donors (Lipinski definition) is 2. The minimum Gasteiger partial charge on any atom is -0.384 e. The first-order valence-corrected chi connectivity index (χ1v) is 7.60. The Hall–Kier alpha value is -1.51. The molecule has 2 N–H and O–H groups in total. The Kier molecular flexibility index (Phi) is 5.27. The summed E-state index contributed by atoms with van der Waals surface area (Å²) in [4.78, 5) is 22.6. The summed E-state index contributed by atoms with van der Waals surface area (Å²) in [5, 5.41) is 16.8. The van der Waals surface area contributed by atoms with E-state index in [1.165, 1.54) is 12.1 Å². The molecule has 0 aliphatic carbocycles. The second-order valence-corrected chi connectivity index (χ2v) is 6.32. The van der Waals surface area contributed by atoms with Gasteiger partial charge in [0.25, 0.3) is 5.91 Å². The Bertz CT molecular complexity index is 506. The summed E-state index contributed by atoms with van der Waals surface area (Å²) in [5.41, 5.74) is -0.0567. The van der Waals surface area contributed by atoms with Crippen molar-refractivity contribution in [3.05, 3.63) is 27.1 Å². The van der Waals surface area contributed by atoms with Crippen molar-refractivity contribution in [3.8, 4) is 0 Å². The average Bonchev–Trinajstić information content (AvgIpc) is 2.96. The molecule has 1 aromatic rings. The van der Waals surface area contributed by atoms with Crippen LogP contribution in [0.1, 0.15) is 22.5 Å². The molecule has 0 unspecified atom stereocenters. The number of carbonyl (C=O) groups is 1. The lowest BCUT2D eigenvalue weighted by molar-refractivity contribution is -0.380. The Morgan fingerprint density at radius 3 is 2.81 bits per heavy atom. The summed E-state index contributed by atoms with van der Waals surface area (Å²) in [6.45, 7) is 2.93. The first-order valence-electron chi connectivity index (χ1n) is 6.78. The van der Waals surface area contributed by atoms with Gasteiger partial charge in [-0.2, -0.15) is 0 Å². The average molecular weight is 313 g/mol. The monoisotopic (exact) mass is 313 g/mol. The van der Waals surface area contributed by atoms with Gasteiger partial charge in [-0.15, -0.1) is 0 Å². The summed E-state index contributed by atoms with van der Waals surface area (Å²) >= 11 is 0.893. The predicted octanol–water partition coefficient (Wildman–Crippen LogP) is 1.40. The molecular formula is C13H19N3O4S. The summed E-state index contributed by atoms with van der Waals surface area (Å²) in [5.74, 6) is -0.262. The van der Waals surface area contributed by atoms with Gasteiger partial charge in [0.05, 0.1) is 16.4 Å². The molecule has 8 heteroatoms. The Morgan fingerprint density at radius 2 is 2.24 bits per heavy atom. The van der Waals surface area contributed by atoms with Crippen molar-refractivity contribution in [2.75, 3.05) is 33.4 Å². The van der Waals surface area contributed by atoms with Crippen molar-refractivity contribution in [2.45, 2.75) is 12.8 Å². The largest absolute Gasteiger partial charge is 0.384 e. The summed E-state index contributed by atoms with van der Waals surface area (Å²) < 4.78 is 5.29. The van der Waals surface area contributed by atoms with Gasteiger partial charge < -0.3 is 15.4 Å². The van der Waals surface area contributed by atoms with E-state index in [1.54, 1.807) is 7.11 Å². The number of carbonyl (C=O) groups excluding carboxylic acids is 1. The number of rotatable bonds is 6. The van der Waals surface area contributed by atoms with Crippen LogP contribution in [0.15, 0.2) is 12.1 Å². The van der Waals surface area contributed by atoms with Gasteiger partial charge in [0.15, 0.2) is 0 Å². The van der Waals surface area contributed by atoms with Gasteiger partial charge in [0.2, 0.25) is 0 Å². The molecule has 2 heterocycles. The maximum Gasteiger partial charge on any atom is 0.324 e. The topological polar surface area (TPSA) is 93.5 Å². The zero-order chi connectivity index (χ0) is 15.3. The molecule has 2 rings (SSSR count). The second kappa shape index (κ2) is 6.97. The van der Waals surface area contributed by atoms with E-state index in [-0.39, 0.29) is 16.3 Å². The molecule has 7 nitrogen and oxygen atoms in total. The van der Waals surface area contributed by atoms with E-state index >= 15 is 0 Å². The molecular weight excluding hydrogens is 294 g/mol. The van der Waals surface area contributed by atoms with E-state index in [4.69, 9.17) is 4.74 Å². The van der Waals surface area contributed by atoms with Crippen molar-refractivity contribution in [3.63, 3.8) is 0 Å².